The molecule has 1 amide bonds. The number of hydrogen-bond acceptors (Lipinski definition) is 3. The molecule has 1 saturated carbocycles. The Morgan fingerprint density at radius 1 is 1.27 bits per heavy atom. The van der Waals surface area contributed by atoms with Crippen molar-refractivity contribution in [2.24, 2.45) is 11.8 Å². The minimum Gasteiger partial charge on any atom is -0.389 e. The zero-order valence-electron chi connectivity index (χ0n) is 15.0. The van der Waals surface area contributed by atoms with Crippen LogP contribution in [0.15, 0.2) is 18.2 Å². The molecule has 3 aliphatic rings. The fraction of sp³-hybridized carbons (Fsp3) is 0.650. The summed E-state index contributed by atoms with van der Waals surface area (Å²) in [5.41, 5.74) is -0.0659. The van der Waals surface area contributed by atoms with Gasteiger partial charge < -0.3 is 10.0 Å². The summed E-state index contributed by atoms with van der Waals surface area (Å²) >= 11 is 5.83. The van der Waals surface area contributed by atoms with Gasteiger partial charge in [0, 0.05) is 55.1 Å². The predicted molar refractivity (Wildman–Crippen MR) is 98.3 cm³/mol. The third-order valence-corrected chi connectivity index (χ3v) is 6.77. The predicted octanol–water partition coefficient (Wildman–Crippen LogP) is 3.06. The van der Waals surface area contributed by atoms with E-state index in [9.17, 15) is 14.3 Å². The number of fused-ring (bicyclic) bond motifs is 1. The van der Waals surface area contributed by atoms with Gasteiger partial charge in [0.05, 0.1) is 5.60 Å². The molecule has 142 valence electrons. The number of rotatable bonds is 3. The molecule has 0 bridgehead atoms. The van der Waals surface area contributed by atoms with E-state index in [2.05, 4.69) is 4.90 Å². The van der Waals surface area contributed by atoms with Gasteiger partial charge in [0.25, 0.3) is 0 Å². The lowest BCUT2D eigenvalue weighted by Crippen LogP contribution is -2.61. The van der Waals surface area contributed by atoms with Gasteiger partial charge in [-0.3, -0.25) is 9.69 Å². The first-order chi connectivity index (χ1) is 12.4. The molecule has 2 aliphatic heterocycles. The van der Waals surface area contributed by atoms with E-state index in [0.717, 1.165) is 25.8 Å². The largest absolute Gasteiger partial charge is 0.389 e. The van der Waals surface area contributed by atoms with Crippen LogP contribution < -0.4 is 0 Å². The van der Waals surface area contributed by atoms with Crippen LogP contribution in [0.25, 0.3) is 0 Å². The second-order valence-electron chi connectivity index (χ2n) is 8.18. The molecule has 1 aliphatic carbocycles. The number of benzene rings is 1. The number of amides is 1. The maximum Gasteiger partial charge on any atom is 0.225 e. The van der Waals surface area contributed by atoms with Crippen molar-refractivity contribution in [1.82, 2.24) is 9.80 Å². The first-order valence-corrected chi connectivity index (χ1v) is 10.00. The molecule has 0 aromatic heterocycles. The van der Waals surface area contributed by atoms with Crippen molar-refractivity contribution in [1.29, 1.82) is 0 Å². The van der Waals surface area contributed by atoms with E-state index < -0.39 is 5.60 Å². The van der Waals surface area contributed by atoms with Gasteiger partial charge in [-0.1, -0.05) is 24.1 Å². The standard InChI is InChI=1S/C20H26ClFN2O2/c21-17-5-4-15(18(22)10-17)11-23-8-6-20(26)7-9-24(13-16(20)12-23)19(25)14-2-1-3-14/h4-5,10,14,16,26H,1-3,6-9,11-13H2/t16-,20-/m0/s1. The molecule has 3 fully saturated rings. The first kappa shape index (κ1) is 18.2. The molecule has 6 heteroatoms. The average Bonchev–Trinajstić information content (AvgIpc) is 2.55. The molecular formula is C20H26ClFN2O2. The highest BCUT2D eigenvalue weighted by molar-refractivity contribution is 6.30. The highest BCUT2D eigenvalue weighted by atomic mass is 35.5. The Kier molecular flexibility index (Phi) is 4.97. The zero-order valence-corrected chi connectivity index (χ0v) is 15.7. The molecule has 2 atom stereocenters. The number of halogens is 2. The second kappa shape index (κ2) is 7.10. The Balaban J connectivity index is 1.42. The van der Waals surface area contributed by atoms with Crippen LogP contribution >= 0.6 is 11.6 Å². The third kappa shape index (κ3) is 3.49. The summed E-state index contributed by atoms with van der Waals surface area (Å²) in [7, 11) is 0. The number of nitrogens with zero attached hydrogens (tertiary/aromatic N) is 2. The zero-order chi connectivity index (χ0) is 18.3. The second-order valence-corrected chi connectivity index (χ2v) is 8.62. The summed E-state index contributed by atoms with van der Waals surface area (Å²) in [5, 5.41) is 11.4. The van der Waals surface area contributed by atoms with E-state index >= 15 is 0 Å². The quantitative estimate of drug-likeness (QED) is 0.876. The van der Waals surface area contributed by atoms with Crippen LogP contribution in [0.2, 0.25) is 5.02 Å². The summed E-state index contributed by atoms with van der Waals surface area (Å²) in [6.07, 6.45) is 4.49. The molecule has 1 aromatic rings. The van der Waals surface area contributed by atoms with Crippen molar-refractivity contribution in [2.45, 2.75) is 44.2 Å². The summed E-state index contributed by atoms with van der Waals surface area (Å²) in [4.78, 5) is 16.7. The molecule has 2 saturated heterocycles. The van der Waals surface area contributed by atoms with Crippen LogP contribution in [0.5, 0.6) is 0 Å². The number of likely N-dealkylation sites (tertiary alicyclic amines) is 2. The van der Waals surface area contributed by atoms with Crippen molar-refractivity contribution in [2.75, 3.05) is 26.2 Å². The fourth-order valence-electron chi connectivity index (χ4n) is 4.52. The third-order valence-electron chi connectivity index (χ3n) is 6.53. The van der Waals surface area contributed by atoms with E-state index in [1.165, 1.54) is 6.07 Å². The Bertz CT molecular complexity index is 696. The van der Waals surface area contributed by atoms with Crippen molar-refractivity contribution in [3.8, 4) is 0 Å². The molecule has 1 aromatic carbocycles. The molecule has 0 spiro atoms. The Hall–Kier alpha value is -1.17. The lowest BCUT2D eigenvalue weighted by atomic mass is 9.74. The van der Waals surface area contributed by atoms with E-state index in [0.29, 0.717) is 49.6 Å². The monoisotopic (exact) mass is 380 g/mol. The number of aliphatic hydroxyl groups is 1. The van der Waals surface area contributed by atoms with Crippen molar-refractivity contribution in [3.63, 3.8) is 0 Å². The highest BCUT2D eigenvalue weighted by Crippen LogP contribution is 2.38. The van der Waals surface area contributed by atoms with Crippen molar-refractivity contribution in [3.05, 3.63) is 34.6 Å². The molecule has 26 heavy (non-hydrogen) atoms. The topological polar surface area (TPSA) is 43.8 Å². The van der Waals surface area contributed by atoms with Gasteiger partial charge in [-0.2, -0.15) is 0 Å². The SMILES string of the molecule is O=C(C1CCC1)N1CC[C@@]2(O)CCN(Cc3ccc(Cl)cc3F)C[C@H]2C1. The Labute approximate surface area is 158 Å². The van der Waals surface area contributed by atoms with Crippen LogP contribution in [-0.2, 0) is 11.3 Å². The van der Waals surface area contributed by atoms with Crippen LogP contribution in [0.3, 0.4) is 0 Å². The van der Waals surface area contributed by atoms with Crippen LogP contribution in [0.4, 0.5) is 4.39 Å². The normalized spacial score (nSPS) is 30.0. The summed E-state index contributed by atoms with van der Waals surface area (Å²) in [6.45, 7) is 3.21. The Morgan fingerprint density at radius 3 is 2.73 bits per heavy atom. The van der Waals surface area contributed by atoms with Crippen LogP contribution in [-0.4, -0.2) is 52.6 Å². The van der Waals surface area contributed by atoms with Gasteiger partial charge in [0.15, 0.2) is 0 Å². The Morgan fingerprint density at radius 2 is 2.04 bits per heavy atom. The molecule has 0 radical (unpaired) electrons. The van der Waals surface area contributed by atoms with E-state index in [1.807, 2.05) is 4.90 Å². The van der Waals surface area contributed by atoms with Crippen LogP contribution in [0, 0.1) is 17.7 Å². The fourth-order valence-corrected chi connectivity index (χ4v) is 4.68. The average molecular weight is 381 g/mol. The van der Waals surface area contributed by atoms with Gasteiger partial charge >= 0.3 is 0 Å². The van der Waals surface area contributed by atoms with Gasteiger partial charge in [-0.25, -0.2) is 4.39 Å². The molecule has 2 heterocycles. The summed E-state index contributed by atoms with van der Waals surface area (Å²) < 4.78 is 14.1. The number of hydrogen-bond donors (Lipinski definition) is 1. The first-order valence-electron chi connectivity index (χ1n) is 9.62. The molecular weight excluding hydrogens is 355 g/mol. The van der Waals surface area contributed by atoms with E-state index in [-0.39, 0.29) is 23.6 Å². The summed E-state index contributed by atoms with van der Waals surface area (Å²) in [5.74, 6) is 0.205. The number of piperidine rings is 2. The molecule has 4 rings (SSSR count). The lowest BCUT2D eigenvalue weighted by molar-refractivity contribution is -0.153. The highest BCUT2D eigenvalue weighted by Gasteiger charge is 2.46. The van der Waals surface area contributed by atoms with Gasteiger partial charge in [0.1, 0.15) is 5.82 Å². The van der Waals surface area contributed by atoms with Gasteiger partial charge in [0.2, 0.25) is 5.91 Å². The number of carbonyl (C=O) groups excluding carboxylic acids is 1. The minimum absolute atomic E-state index is 0.0318. The smallest absolute Gasteiger partial charge is 0.225 e. The maximum atomic E-state index is 14.1. The minimum atomic E-state index is -0.689. The molecule has 0 unspecified atom stereocenters. The van der Waals surface area contributed by atoms with Gasteiger partial charge in [-0.15, -0.1) is 0 Å². The maximum absolute atomic E-state index is 14.1. The summed E-state index contributed by atoms with van der Waals surface area (Å²) in [6, 6.07) is 4.78. The van der Waals surface area contributed by atoms with Crippen LogP contribution in [0.1, 0.15) is 37.7 Å². The lowest BCUT2D eigenvalue weighted by Gasteiger charge is -2.51. The van der Waals surface area contributed by atoms with Crippen molar-refractivity contribution < 1.29 is 14.3 Å². The van der Waals surface area contributed by atoms with Gasteiger partial charge in [-0.05, 0) is 37.8 Å². The molecule has 1 N–H and O–H groups in total. The van der Waals surface area contributed by atoms with E-state index in [1.54, 1.807) is 12.1 Å². The number of carbonyl (C=O) groups is 1. The van der Waals surface area contributed by atoms with Crippen molar-refractivity contribution >= 4 is 17.5 Å². The molecule has 4 nitrogen and oxygen atoms in total. The van der Waals surface area contributed by atoms with E-state index in [4.69, 9.17) is 11.6 Å².